The Balaban J connectivity index is 0.00000225. The van der Waals surface area contributed by atoms with Gasteiger partial charge in [0, 0.05) is 0 Å². The summed E-state index contributed by atoms with van der Waals surface area (Å²) in [4.78, 5) is -1.43. The van der Waals surface area contributed by atoms with Crippen LogP contribution in [0.5, 0.6) is 0 Å². The van der Waals surface area contributed by atoms with E-state index in [-0.39, 0.29) is 35.2 Å². The van der Waals surface area contributed by atoms with E-state index in [0.717, 1.165) is 12.1 Å². The predicted molar refractivity (Wildman–Crippen MR) is 57.6 cm³/mol. The minimum absolute atomic E-state index is 0. The fraction of sp³-hybridized carbons (Fsp3) is 0. The van der Waals surface area contributed by atoms with Crippen molar-refractivity contribution in [2.24, 2.45) is 0 Å². The first-order valence-electron chi connectivity index (χ1n) is 3.47. The Labute approximate surface area is 114 Å². The molecular formula is C6H8NNaO6S2. The zero-order valence-corrected chi connectivity index (χ0v) is 8.79. The van der Waals surface area contributed by atoms with Crippen molar-refractivity contribution in [3.8, 4) is 0 Å². The molecule has 0 aliphatic carbocycles. The number of nitrogens with two attached hydrogens (primary N) is 1. The number of anilines is 1. The molecule has 7 nitrogen and oxygen atoms in total. The van der Waals surface area contributed by atoms with Gasteiger partial charge in [-0.2, -0.15) is 16.8 Å². The van der Waals surface area contributed by atoms with Crippen molar-refractivity contribution in [2.75, 3.05) is 5.73 Å². The normalized spacial score (nSPS) is 11.9. The third kappa shape index (κ3) is 3.70. The summed E-state index contributed by atoms with van der Waals surface area (Å²) >= 11 is 0. The molecule has 0 amide bonds. The number of hydrogen-bond acceptors (Lipinski definition) is 5. The van der Waals surface area contributed by atoms with E-state index in [2.05, 4.69) is 0 Å². The van der Waals surface area contributed by atoms with Crippen molar-refractivity contribution in [3.05, 3.63) is 18.2 Å². The van der Waals surface area contributed by atoms with Gasteiger partial charge in [0.25, 0.3) is 20.2 Å². The summed E-state index contributed by atoms with van der Waals surface area (Å²) in [6.07, 6.45) is 0. The van der Waals surface area contributed by atoms with Gasteiger partial charge in [0.1, 0.15) is 4.90 Å². The van der Waals surface area contributed by atoms with Crippen LogP contribution < -0.4 is 5.73 Å². The molecule has 0 spiro atoms. The summed E-state index contributed by atoms with van der Waals surface area (Å²) in [5.41, 5.74) is 4.89. The molecule has 0 heterocycles. The SMILES string of the molecule is Nc1ccc(S(=O)(=O)O)cc1S(=O)(=O)O.[NaH]. The number of hydrogen-bond donors (Lipinski definition) is 3. The Kier molecular flexibility index (Phi) is 4.95. The predicted octanol–water partition coefficient (Wildman–Crippen LogP) is -0.886. The molecule has 1 aromatic carbocycles. The summed E-state index contributed by atoms with van der Waals surface area (Å²) in [5.74, 6) is 0. The second-order valence-electron chi connectivity index (χ2n) is 2.65. The van der Waals surface area contributed by atoms with E-state index in [1.807, 2.05) is 0 Å². The topological polar surface area (TPSA) is 135 Å². The molecule has 0 aromatic heterocycles. The molecule has 1 rings (SSSR count). The first kappa shape index (κ1) is 15.8. The molecule has 10 heteroatoms. The van der Waals surface area contributed by atoms with Gasteiger partial charge in [-0.25, -0.2) is 0 Å². The van der Waals surface area contributed by atoms with Crippen LogP contribution in [0.2, 0.25) is 0 Å². The number of benzene rings is 1. The maximum absolute atomic E-state index is 10.7. The van der Waals surface area contributed by atoms with Gasteiger partial charge < -0.3 is 5.73 Å². The van der Waals surface area contributed by atoms with E-state index in [1.165, 1.54) is 0 Å². The molecule has 1 aromatic rings. The molecule has 0 radical (unpaired) electrons. The minimum atomic E-state index is -4.62. The first-order chi connectivity index (χ1) is 6.62. The summed E-state index contributed by atoms with van der Waals surface area (Å²) in [5, 5.41) is 0. The van der Waals surface area contributed by atoms with E-state index in [1.54, 1.807) is 0 Å². The summed E-state index contributed by atoms with van der Waals surface area (Å²) in [7, 11) is -9.15. The van der Waals surface area contributed by atoms with E-state index in [9.17, 15) is 16.8 Å². The molecule has 0 bridgehead atoms. The van der Waals surface area contributed by atoms with E-state index >= 15 is 0 Å². The zero-order chi connectivity index (χ0) is 11.9. The quantitative estimate of drug-likeness (QED) is 0.362. The number of nitrogen functional groups attached to an aromatic ring is 1. The van der Waals surface area contributed by atoms with Crippen molar-refractivity contribution in [3.63, 3.8) is 0 Å². The summed E-state index contributed by atoms with van der Waals surface area (Å²) in [6, 6.07) is 2.44. The molecule has 0 saturated heterocycles. The van der Waals surface area contributed by atoms with Crippen LogP contribution in [0.25, 0.3) is 0 Å². The third-order valence-electron chi connectivity index (χ3n) is 1.56. The molecule has 4 N–H and O–H groups in total. The molecule has 0 saturated carbocycles. The van der Waals surface area contributed by atoms with Gasteiger partial charge in [-0.1, -0.05) is 0 Å². The molecule has 86 valence electrons. The Bertz CT molecular complexity index is 593. The Morgan fingerprint density at radius 3 is 1.88 bits per heavy atom. The van der Waals surface area contributed by atoms with Gasteiger partial charge in [-0.05, 0) is 18.2 Å². The second kappa shape index (κ2) is 5.00. The average Bonchev–Trinajstić information content (AvgIpc) is 2.00. The fourth-order valence-electron chi connectivity index (χ4n) is 0.899. The maximum atomic E-state index is 10.7. The molecule has 0 fully saturated rings. The molecule has 0 unspecified atom stereocenters. The van der Waals surface area contributed by atoms with Crippen LogP contribution in [0.1, 0.15) is 0 Å². The van der Waals surface area contributed by atoms with Crippen LogP contribution in [0, 0.1) is 0 Å². The first-order valence-corrected chi connectivity index (χ1v) is 6.35. The van der Waals surface area contributed by atoms with Gasteiger partial charge in [0.2, 0.25) is 0 Å². The number of rotatable bonds is 2. The average molecular weight is 277 g/mol. The van der Waals surface area contributed by atoms with Crippen molar-refractivity contribution >= 4 is 55.5 Å². The van der Waals surface area contributed by atoms with Gasteiger partial charge in [0.15, 0.2) is 0 Å². The third-order valence-corrected chi connectivity index (χ3v) is 3.32. The monoisotopic (exact) mass is 277 g/mol. The van der Waals surface area contributed by atoms with Crippen molar-refractivity contribution in [1.29, 1.82) is 0 Å². The van der Waals surface area contributed by atoms with Crippen LogP contribution >= 0.6 is 0 Å². The molecule has 0 aliphatic rings. The zero-order valence-electron chi connectivity index (χ0n) is 7.15. The Hall–Kier alpha value is -0.160. The van der Waals surface area contributed by atoms with Gasteiger partial charge in [0.05, 0.1) is 10.6 Å². The van der Waals surface area contributed by atoms with E-state index < -0.39 is 30.0 Å². The Morgan fingerprint density at radius 2 is 1.50 bits per heavy atom. The van der Waals surface area contributed by atoms with Gasteiger partial charge in [-0.3, -0.25) is 9.11 Å². The van der Waals surface area contributed by atoms with Crippen LogP contribution in [0.4, 0.5) is 5.69 Å². The van der Waals surface area contributed by atoms with Crippen LogP contribution in [0.3, 0.4) is 0 Å². The fourth-order valence-corrected chi connectivity index (χ4v) is 2.12. The van der Waals surface area contributed by atoms with Gasteiger partial charge in [-0.15, -0.1) is 0 Å². The van der Waals surface area contributed by atoms with Crippen LogP contribution in [-0.4, -0.2) is 55.5 Å². The van der Waals surface area contributed by atoms with Crippen molar-refractivity contribution in [1.82, 2.24) is 0 Å². The van der Waals surface area contributed by atoms with Crippen LogP contribution in [0.15, 0.2) is 28.0 Å². The molecule has 0 aliphatic heterocycles. The van der Waals surface area contributed by atoms with Gasteiger partial charge >= 0.3 is 29.6 Å². The molecular weight excluding hydrogens is 269 g/mol. The van der Waals surface area contributed by atoms with Crippen molar-refractivity contribution in [2.45, 2.75) is 9.79 Å². The molecule has 0 atom stereocenters. The van der Waals surface area contributed by atoms with E-state index in [0.29, 0.717) is 6.07 Å². The standard InChI is InChI=1S/C6H7NO6S2.Na.H/c7-5-2-1-4(14(8,9)10)3-6(5)15(11,12)13;;/h1-3H,7H2,(H,8,9,10)(H,11,12,13);;. The van der Waals surface area contributed by atoms with Crippen LogP contribution in [-0.2, 0) is 20.2 Å². The van der Waals surface area contributed by atoms with E-state index in [4.69, 9.17) is 14.8 Å². The summed E-state index contributed by atoms with van der Waals surface area (Å²) < 4.78 is 60.1. The summed E-state index contributed by atoms with van der Waals surface area (Å²) in [6.45, 7) is 0. The molecule has 16 heavy (non-hydrogen) atoms. The second-order valence-corrected chi connectivity index (χ2v) is 5.46. The van der Waals surface area contributed by atoms with Crippen molar-refractivity contribution < 1.29 is 25.9 Å². The Morgan fingerprint density at radius 1 is 1.00 bits per heavy atom.